The van der Waals surface area contributed by atoms with E-state index < -0.39 is 17.5 Å². The van der Waals surface area contributed by atoms with Crippen molar-refractivity contribution in [3.63, 3.8) is 0 Å². The van der Waals surface area contributed by atoms with Crippen molar-refractivity contribution >= 4 is 18.2 Å². The number of hydrogen-bond acceptors (Lipinski definition) is 6. The molecule has 0 aromatic heterocycles. The van der Waals surface area contributed by atoms with E-state index in [0.717, 1.165) is 5.01 Å². The maximum atomic E-state index is 12.8. The quantitative estimate of drug-likeness (QED) is 0.622. The molecule has 0 bridgehead atoms. The van der Waals surface area contributed by atoms with E-state index in [1.165, 1.54) is 19.4 Å². The highest BCUT2D eigenvalue weighted by Gasteiger charge is 2.49. The van der Waals surface area contributed by atoms with Crippen molar-refractivity contribution in [2.45, 2.75) is 12.5 Å². The minimum absolute atomic E-state index is 0.0679. The number of phenolic OH excluding ortho intramolecular Hbond substituents is 1. The second-order valence-corrected chi connectivity index (χ2v) is 6.08. The van der Waals surface area contributed by atoms with Gasteiger partial charge in [-0.3, -0.25) is 4.79 Å². The standard InChI is InChI=1S/C19H19N3O5/c1-19(13-5-7-14(26-2)8-6-13)17(24)22(18(25)21-19)20-11-12-4-9-16(27-3)15(23)10-12/h4-11,23H,1-3H3,(H,21,25)/b20-11+. The smallest absolute Gasteiger partial charge is 0.346 e. The summed E-state index contributed by atoms with van der Waals surface area (Å²) in [4.78, 5) is 25.1. The third kappa shape index (κ3) is 3.29. The summed E-state index contributed by atoms with van der Waals surface area (Å²) in [6.45, 7) is 1.61. The zero-order valence-electron chi connectivity index (χ0n) is 15.1. The Morgan fingerprint density at radius 3 is 2.41 bits per heavy atom. The number of ether oxygens (including phenoxy) is 2. The highest BCUT2D eigenvalue weighted by atomic mass is 16.5. The van der Waals surface area contributed by atoms with Gasteiger partial charge >= 0.3 is 6.03 Å². The number of benzene rings is 2. The number of methoxy groups -OCH3 is 2. The first-order valence-electron chi connectivity index (χ1n) is 8.11. The van der Waals surface area contributed by atoms with Crippen LogP contribution in [0.1, 0.15) is 18.1 Å². The van der Waals surface area contributed by atoms with Crippen molar-refractivity contribution < 1.29 is 24.2 Å². The topological polar surface area (TPSA) is 100 Å². The van der Waals surface area contributed by atoms with Gasteiger partial charge in [0.1, 0.15) is 11.3 Å². The molecule has 2 aromatic rings. The van der Waals surface area contributed by atoms with Crippen molar-refractivity contribution in [1.29, 1.82) is 0 Å². The molecule has 8 heteroatoms. The maximum Gasteiger partial charge on any atom is 0.346 e. The fraction of sp³-hybridized carbons (Fsp3) is 0.211. The van der Waals surface area contributed by atoms with Gasteiger partial charge < -0.3 is 19.9 Å². The molecule has 2 aromatic carbocycles. The summed E-state index contributed by atoms with van der Waals surface area (Å²) in [5.41, 5.74) is -0.115. The van der Waals surface area contributed by atoms with Crippen molar-refractivity contribution in [2.24, 2.45) is 5.10 Å². The van der Waals surface area contributed by atoms with Crippen molar-refractivity contribution in [2.75, 3.05) is 14.2 Å². The summed E-state index contributed by atoms with van der Waals surface area (Å²) in [6, 6.07) is 10.8. The summed E-state index contributed by atoms with van der Waals surface area (Å²) in [5.74, 6) is 0.385. The second kappa shape index (κ2) is 6.99. The molecule has 1 fully saturated rings. The van der Waals surface area contributed by atoms with E-state index in [1.54, 1.807) is 50.4 Å². The number of nitrogens with one attached hydrogen (secondary N) is 1. The van der Waals surface area contributed by atoms with Crippen LogP contribution < -0.4 is 14.8 Å². The van der Waals surface area contributed by atoms with Crippen LogP contribution in [0.5, 0.6) is 17.2 Å². The first kappa shape index (κ1) is 18.2. The molecule has 1 saturated heterocycles. The Balaban J connectivity index is 1.84. The molecule has 0 aliphatic carbocycles. The lowest BCUT2D eigenvalue weighted by molar-refractivity contribution is -0.131. The zero-order valence-corrected chi connectivity index (χ0v) is 15.1. The predicted octanol–water partition coefficient (Wildman–Crippen LogP) is 2.21. The van der Waals surface area contributed by atoms with Crippen LogP contribution in [0.15, 0.2) is 47.6 Å². The van der Waals surface area contributed by atoms with Crippen LogP contribution in [0.3, 0.4) is 0 Å². The van der Waals surface area contributed by atoms with E-state index in [-0.39, 0.29) is 5.75 Å². The van der Waals surface area contributed by atoms with E-state index in [1.807, 2.05) is 0 Å². The van der Waals surface area contributed by atoms with Gasteiger partial charge in [-0.05, 0) is 48.4 Å². The molecule has 27 heavy (non-hydrogen) atoms. The molecular weight excluding hydrogens is 350 g/mol. The molecule has 1 aliphatic heterocycles. The average molecular weight is 369 g/mol. The molecule has 1 heterocycles. The first-order chi connectivity index (χ1) is 12.9. The largest absolute Gasteiger partial charge is 0.504 e. The SMILES string of the molecule is COc1ccc(C2(C)NC(=O)N(/N=C/c3ccc(OC)c(O)c3)C2=O)cc1. The fourth-order valence-corrected chi connectivity index (χ4v) is 2.76. The number of urea groups is 1. The molecule has 0 radical (unpaired) electrons. The number of phenols is 1. The average Bonchev–Trinajstić information content (AvgIpc) is 2.89. The molecule has 8 nitrogen and oxygen atoms in total. The Morgan fingerprint density at radius 1 is 1.11 bits per heavy atom. The Bertz CT molecular complexity index is 910. The van der Waals surface area contributed by atoms with Crippen LogP contribution in [0.4, 0.5) is 4.79 Å². The van der Waals surface area contributed by atoms with Gasteiger partial charge in [-0.15, -0.1) is 5.01 Å². The number of carbonyl (C=O) groups is 2. The minimum Gasteiger partial charge on any atom is -0.504 e. The number of hydrazone groups is 1. The summed E-state index contributed by atoms with van der Waals surface area (Å²) in [7, 11) is 2.99. The lowest BCUT2D eigenvalue weighted by Gasteiger charge is -2.21. The third-order valence-electron chi connectivity index (χ3n) is 4.36. The number of carbonyl (C=O) groups excluding carboxylic acids is 2. The Hall–Kier alpha value is -3.55. The van der Waals surface area contributed by atoms with Gasteiger partial charge in [0.15, 0.2) is 11.5 Å². The van der Waals surface area contributed by atoms with Gasteiger partial charge in [-0.1, -0.05) is 12.1 Å². The first-order valence-corrected chi connectivity index (χ1v) is 8.11. The number of amides is 3. The Morgan fingerprint density at radius 2 is 1.81 bits per heavy atom. The van der Waals surface area contributed by atoms with E-state index in [0.29, 0.717) is 22.6 Å². The summed E-state index contributed by atoms with van der Waals surface area (Å²) in [6.07, 6.45) is 1.32. The molecule has 140 valence electrons. The number of rotatable bonds is 5. The minimum atomic E-state index is -1.23. The molecule has 3 amide bonds. The maximum absolute atomic E-state index is 12.8. The van der Waals surface area contributed by atoms with Crippen LogP contribution in [0.2, 0.25) is 0 Å². The molecule has 3 rings (SSSR count). The van der Waals surface area contributed by atoms with Gasteiger partial charge in [0, 0.05) is 0 Å². The normalized spacial score (nSPS) is 19.4. The molecule has 1 unspecified atom stereocenters. The molecule has 0 saturated carbocycles. The summed E-state index contributed by atoms with van der Waals surface area (Å²) < 4.78 is 10.1. The second-order valence-electron chi connectivity index (χ2n) is 6.08. The number of imide groups is 1. The molecule has 0 spiro atoms. The van der Waals surface area contributed by atoms with Crippen LogP contribution >= 0.6 is 0 Å². The Labute approximate surface area is 156 Å². The lowest BCUT2D eigenvalue weighted by Crippen LogP contribution is -2.40. The van der Waals surface area contributed by atoms with E-state index in [2.05, 4.69) is 10.4 Å². The highest BCUT2D eigenvalue weighted by molar-refractivity contribution is 6.07. The number of nitrogens with zero attached hydrogens (tertiary/aromatic N) is 2. The summed E-state index contributed by atoms with van der Waals surface area (Å²) >= 11 is 0. The van der Waals surface area contributed by atoms with Gasteiger partial charge in [0.2, 0.25) is 0 Å². The molecule has 1 aliphatic rings. The summed E-state index contributed by atoms with van der Waals surface area (Å²) in [5, 5.41) is 17.2. The van der Waals surface area contributed by atoms with Crippen LogP contribution in [0.25, 0.3) is 0 Å². The van der Waals surface area contributed by atoms with Crippen LogP contribution in [0, 0.1) is 0 Å². The van der Waals surface area contributed by atoms with Crippen LogP contribution in [-0.2, 0) is 10.3 Å². The van der Waals surface area contributed by atoms with E-state index >= 15 is 0 Å². The molecule has 1 atom stereocenters. The van der Waals surface area contributed by atoms with Crippen molar-refractivity contribution in [3.05, 3.63) is 53.6 Å². The van der Waals surface area contributed by atoms with Crippen molar-refractivity contribution in [3.8, 4) is 17.2 Å². The fourth-order valence-electron chi connectivity index (χ4n) is 2.76. The Kier molecular flexibility index (Phi) is 4.72. The van der Waals surface area contributed by atoms with Crippen molar-refractivity contribution in [1.82, 2.24) is 10.3 Å². The van der Waals surface area contributed by atoms with Gasteiger partial charge in [0.25, 0.3) is 5.91 Å². The predicted molar refractivity (Wildman–Crippen MR) is 98.0 cm³/mol. The molecular formula is C19H19N3O5. The highest BCUT2D eigenvalue weighted by Crippen LogP contribution is 2.30. The van der Waals surface area contributed by atoms with E-state index in [9.17, 15) is 14.7 Å². The monoisotopic (exact) mass is 369 g/mol. The van der Waals surface area contributed by atoms with Gasteiger partial charge in [-0.25, -0.2) is 4.79 Å². The van der Waals surface area contributed by atoms with E-state index in [4.69, 9.17) is 9.47 Å². The van der Waals surface area contributed by atoms with Gasteiger partial charge in [-0.2, -0.15) is 5.10 Å². The van der Waals surface area contributed by atoms with Gasteiger partial charge in [0.05, 0.1) is 20.4 Å². The number of aromatic hydroxyl groups is 1. The zero-order chi connectivity index (χ0) is 19.6. The van der Waals surface area contributed by atoms with Crippen LogP contribution in [-0.4, -0.2) is 42.5 Å². The third-order valence-corrected chi connectivity index (χ3v) is 4.36. The number of hydrogen-bond donors (Lipinski definition) is 2. The molecule has 2 N–H and O–H groups in total. The lowest BCUT2D eigenvalue weighted by atomic mass is 9.92.